The number of piperazine rings is 1. The van der Waals surface area contributed by atoms with Crippen molar-refractivity contribution in [1.29, 1.82) is 0 Å². The first kappa shape index (κ1) is 15.2. The molecular weight excluding hydrogens is 236 g/mol. The summed E-state index contributed by atoms with van der Waals surface area (Å²) >= 11 is 0. The van der Waals surface area contributed by atoms with Crippen molar-refractivity contribution in [2.75, 3.05) is 39.8 Å². The normalized spacial score (nSPS) is 34.1. The van der Waals surface area contributed by atoms with Gasteiger partial charge in [0.25, 0.3) is 0 Å². The SMILES string of the molecule is CN1CCN(NC2(CN)CCCC(C)(C)CC2)CC1. The lowest BCUT2D eigenvalue weighted by atomic mass is 9.83. The van der Waals surface area contributed by atoms with Crippen LogP contribution in [0.15, 0.2) is 0 Å². The van der Waals surface area contributed by atoms with Gasteiger partial charge in [-0.25, -0.2) is 10.4 Å². The van der Waals surface area contributed by atoms with Crippen LogP contribution in [0.2, 0.25) is 0 Å². The molecule has 0 radical (unpaired) electrons. The Morgan fingerprint density at radius 2 is 1.68 bits per heavy atom. The number of hydrazine groups is 1. The Labute approximate surface area is 118 Å². The number of hydrogen-bond acceptors (Lipinski definition) is 4. The van der Waals surface area contributed by atoms with E-state index in [9.17, 15) is 0 Å². The van der Waals surface area contributed by atoms with E-state index in [1.54, 1.807) is 0 Å². The molecule has 2 rings (SSSR count). The minimum Gasteiger partial charge on any atom is -0.329 e. The van der Waals surface area contributed by atoms with Crippen molar-refractivity contribution in [1.82, 2.24) is 15.3 Å². The third-order valence-electron chi connectivity index (χ3n) is 5.08. The Hall–Kier alpha value is -0.160. The van der Waals surface area contributed by atoms with Crippen molar-refractivity contribution in [3.05, 3.63) is 0 Å². The van der Waals surface area contributed by atoms with Gasteiger partial charge in [-0.05, 0) is 38.1 Å². The van der Waals surface area contributed by atoms with Crippen LogP contribution in [-0.4, -0.2) is 55.2 Å². The van der Waals surface area contributed by atoms with E-state index in [2.05, 4.69) is 36.2 Å². The topological polar surface area (TPSA) is 44.5 Å². The van der Waals surface area contributed by atoms with E-state index in [1.807, 2.05) is 0 Å². The molecule has 2 aliphatic rings. The number of hydrogen-bond donors (Lipinski definition) is 2. The summed E-state index contributed by atoms with van der Waals surface area (Å²) in [4.78, 5) is 2.39. The van der Waals surface area contributed by atoms with Gasteiger partial charge in [-0.15, -0.1) is 0 Å². The van der Waals surface area contributed by atoms with E-state index in [1.165, 1.54) is 32.1 Å². The van der Waals surface area contributed by atoms with Crippen LogP contribution in [0.3, 0.4) is 0 Å². The van der Waals surface area contributed by atoms with Gasteiger partial charge in [0.05, 0.1) is 0 Å². The number of likely N-dealkylation sites (N-methyl/N-ethyl adjacent to an activating group) is 1. The fraction of sp³-hybridized carbons (Fsp3) is 1.00. The van der Waals surface area contributed by atoms with Crippen molar-refractivity contribution in [2.24, 2.45) is 11.1 Å². The number of nitrogens with zero attached hydrogens (tertiary/aromatic N) is 2. The average Bonchev–Trinajstić information content (AvgIpc) is 2.52. The highest BCUT2D eigenvalue weighted by Crippen LogP contribution is 2.37. The van der Waals surface area contributed by atoms with Gasteiger partial charge in [-0.3, -0.25) is 0 Å². The fourth-order valence-electron chi connectivity index (χ4n) is 3.35. The molecule has 0 aromatic rings. The number of rotatable bonds is 3. The first-order valence-corrected chi connectivity index (χ1v) is 7.86. The zero-order valence-corrected chi connectivity index (χ0v) is 13.0. The molecule has 0 spiro atoms. The van der Waals surface area contributed by atoms with Gasteiger partial charge in [0, 0.05) is 38.3 Å². The Kier molecular flexibility index (Phi) is 4.88. The summed E-state index contributed by atoms with van der Waals surface area (Å²) < 4.78 is 0. The number of nitrogens with one attached hydrogen (secondary N) is 1. The van der Waals surface area contributed by atoms with Crippen molar-refractivity contribution >= 4 is 0 Å². The molecule has 19 heavy (non-hydrogen) atoms. The first-order valence-electron chi connectivity index (χ1n) is 7.86. The van der Waals surface area contributed by atoms with E-state index in [-0.39, 0.29) is 5.54 Å². The summed E-state index contributed by atoms with van der Waals surface area (Å²) in [6, 6.07) is 0. The quantitative estimate of drug-likeness (QED) is 0.760. The molecule has 1 saturated heterocycles. The summed E-state index contributed by atoms with van der Waals surface area (Å²) in [5, 5.41) is 2.41. The summed E-state index contributed by atoms with van der Waals surface area (Å²) in [6.07, 6.45) is 6.34. The molecule has 1 saturated carbocycles. The smallest absolute Gasteiger partial charge is 0.0448 e. The average molecular weight is 268 g/mol. The van der Waals surface area contributed by atoms with Gasteiger partial charge in [0.15, 0.2) is 0 Å². The first-order chi connectivity index (χ1) is 8.95. The lowest BCUT2D eigenvalue weighted by Crippen LogP contribution is -2.62. The molecule has 0 bridgehead atoms. The largest absolute Gasteiger partial charge is 0.329 e. The zero-order valence-electron chi connectivity index (χ0n) is 13.0. The molecule has 1 heterocycles. The molecular formula is C15H32N4. The second-order valence-electron chi connectivity index (χ2n) is 7.40. The maximum Gasteiger partial charge on any atom is 0.0448 e. The van der Waals surface area contributed by atoms with Crippen LogP contribution in [0.25, 0.3) is 0 Å². The van der Waals surface area contributed by atoms with E-state index in [0.29, 0.717) is 5.41 Å². The van der Waals surface area contributed by atoms with Gasteiger partial charge >= 0.3 is 0 Å². The van der Waals surface area contributed by atoms with E-state index in [4.69, 9.17) is 5.73 Å². The maximum atomic E-state index is 6.14. The van der Waals surface area contributed by atoms with Crippen molar-refractivity contribution in [3.63, 3.8) is 0 Å². The van der Waals surface area contributed by atoms with Gasteiger partial charge in [-0.1, -0.05) is 20.3 Å². The van der Waals surface area contributed by atoms with Gasteiger partial charge < -0.3 is 10.6 Å². The molecule has 112 valence electrons. The van der Waals surface area contributed by atoms with Crippen LogP contribution in [-0.2, 0) is 0 Å². The van der Waals surface area contributed by atoms with Crippen molar-refractivity contribution < 1.29 is 0 Å². The summed E-state index contributed by atoms with van der Waals surface area (Å²) in [7, 11) is 2.20. The van der Waals surface area contributed by atoms with Crippen molar-refractivity contribution in [3.8, 4) is 0 Å². The molecule has 0 aromatic heterocycles. The predicted molar refractivity (Wildman–Crippen MR) is 80.9 cm³/mol. The molecule has 3 N–H and O–H groups in total. The lowest BCUT2D eigenvalue weighted by molar-refractivity contribution is 0.0474. The van der Waals surface area contributed by atoms with Crippen LogP contribution >= 0.6 is 0 Å². The van der Waals surface area contributed by atoms with Crippen LogP contribution in [0.4, 0.5) is 0 Å². The van der Waals surface area contributed by atoms with Crippen LogP contribution in [0, 0.1) is 5.41 Å². The Morgan fingerprint density at radius 3 is 2.32 bits per heavy atom. The van der Waals surface area contributed by atoms with Gasteiger partial charge in [0.1, 0.15) is 0 Å². The van der Waals surface area contributed by atoms with Gasteiger partial charge in [-0.2, -0.15) is 0 Å². The molecule has 4 heteroatoms. The standard InChI is InChI=1S/C15H32N4/c1-14(2)5-4-6-15(13-16,8-7-14)17-19-11-9-18(3)10-12-19/h17H,4-13,16H2,1-3H3. The minimum atomic E-state index is 0.143. The molecule has 1 atom stereocenters. The molecule has 0 aromatic carbocycles. The third-order valence-corrected chi connectivity index (χ3v) is 5.08. The highest BCUT2D eigenvalue weighted by molar-refractivity contribution is 4.93. The Bertz CT molecular complexity index is 284. The fourth-order valence-corrected chi connectivity index (χ4v) is 3.35. The highest BCUT2D eigenvalue weighted by Gasteiger charge is 2.36. The van der Waals surface area contributed by atoms with Crippen LogP contribution in [0.5, 0.6) is 0 Å². The van der Waals surface area contributed by atoms with Crippen LogP contribution in [0.1, 0.15) is 46.0 Å². The molecule has 1 unspecified atom stereocenters. The molecule has 1 aliphatic heterocycles. The number of nitrogens with two attached hydrogens (primary N) is 1. The van der Waals surface area contributed by atoms with E-state index >= 15 is 0 Å². The second kappa shape index (κ2) is 6.08. The second-order valence-corrected chi connectivity index (χ2v) is 7.40. The molecule has 0 amide bonds. The third kappa shape index (κ3) is 4.15. The van der Waals surface area contributed by atoms with E-state index < -0.39 is 0 Å². The molecule has 2 fully saturated rings. The Balaban J connectivity index is 1.94. The summed E-state index contributed by atoms with van der Waals surface area (Å²) in [5.74, 6) is 0. The van der Waals surface area contributed by atoms with E-state index in [0.717, 1.165) is 32.7 Å². The molecule has 1 aliphatic carbocycles. The highest BCUT2D eigenvalue weighted by atomic mass is 15.5. The predicted octanol–water partition coefficient (Wildman–Crippen LogP) is 1.43. The minimum absolute atomic E-state index is 0.143. The monoisotopic (exact) mass is 268 g/mol. The summed E-state index contributed by atoms with van der Waals surface area (Å²) in [6.45, 7) is 10.1. The Morgan fingerprint density at radius 1 is 1.00 bits per heavy atom. The lowest BCUT2D eigenvalue weighted by Gasteiger charge is -2.42. The van der Waals surface area contributed by atoms with Crippen molar-refractivity contribution in [2.45, 2.75) is 51.5 Å². The molecule has 4 nitrogen and oxygen atoms in total. The maximum absolute atomic E-state index is 6.14. The van der Waals surface area contributed by atoms with Gasteiger partial charge in [0.2, 0.25) is 0 Å². The summed E-state index contributed by atoms with van der Waals surface area (Å²) in [5.41, 5.74) is 10.6. The zero-order chi connectivity index (χ0) is 13.9. The van der Waals surface area contributed by atoms with Crippen LogP contribution < -0.4 is 11.2 Å².